The third kappa shape index (κ3) is 4.49. The molecule has 0 saturated carbocycles. The van der Waals surface area contributed by atoms with Crippen LogP contribution in [-0.4, -0.2) is 0 Å². The molecule has 4 aromatic rings. The Morgan fingerprint density at radius 1 is 0.607 bits per heavy atom. The summed E-state index contributed by atoms with van der Waals surface area (Å²) in [6.07, 6.45) is 0. The summed E-state index contributed by atoms with van der Waals surface area (Å²) in [7, 11) is 0. The van der Waals surface area contributed by atoms with Crippen molar-refractivity contribution in [3.05, 3.63) is 113 Å². The highest BCUT2D eigenvalue weighted by Gasteiger charge is 2.13. The van der Waals surface area contributed by atoms with Gasteiger partial charge in [-0.2, -0.15) is 0 Å². The number of para-hydroxylation sites is 2. The first-order chi connectivity index (χ1) is 13.7. The van der Waals surface area contributed by atoms with Crippen molar-refractivity contribution in [3.8, 4) is 0 Å². The normalized spacial score (nSPS) is 10.6. The Balaban J connectivity index is 1.76. The number of rotatable bonds is 5. The molecule has 0 aliphatic carbocycles. The van der Waals surface area contributed by atoms with Crippen LogP contribution in [0.25, 0.3) is 0 Å². The Hall–Kier alpha value is -2.49. The number of halogens is 1. The van der Waals surface area contributed by atoms with Gasteiger partial charge >= 0.3 is 0 Å². The van der Waals surface area contributed by atoms with Crippen LogP contribution in [0.3, 0.4) is 0 Å². The molecule has 4 rings (SSSR count). The summed E-state index contributed by atoms with van der Waals surface area (Å²) in [5.41, 5.74) is 4.68. The number of hydrogen-bond acceptors (Lipinski definition) is 2. The first-order valence-corrected chi connectivity index (χ1v) is 10.8. The fraction of sp³-hybridized carbons (Fsp3) is 0.0400. The molecule has 0 aliphatic rings. The van der Waals surface area contributed by atoms with Gasteiger partial charge in [-0.1, -0.05) is 81.8 Å². The van der Waals surface area contributed by atoms with E-state index < -0.39 is 0 Å². The van der Waals surface area contributed by atoms with E-state index in [4.69, 9.17) is 0 Å². The maximum absolute atomic E-state index is 3.71. The smallest absolute Gasteiger partial charge is 0.0484 e. The van der Waals surface area contributed by atoms with Gasteiger partial charge in [0.15, 0.2) is 0 Å². The van der Waals surface area contributed by atoms with E-state index in [0.29, 0.717) is 0 Å². The Kier molecular flexibility index (Phi) is 5.84. The summed E-state index contributed by atoms with van der Waals surface area (Å²) < 4.78 is 1.07. The molecule has 0 N–H and O–H groups in total. The molecule has 0 heterocycles. The molecule has 0 saturated heterocycles. The van der Waals surface area contributed by atoms with Gasteiger partial charge in [0.25, 0.3) is 0 Å². The van der Waals surface area contributed by atoms with E-state index in [2.05, 4.69) is 119 Å². The van der Waals surface area contributed by atoms with Crippen LogP contribution < -0.4 is 4.90 Å². The molecule has 0 bridgehead atoms. The lowest BCUT2D eigenvalue weighted by molar-refractivity contribution is 1.25. The van der Waals surface area contributed by atoms with Crippen molar-refractivity contribution in [2.24, 2.45) is 0 Å². The van der Waals surface area contributed by atoms with E-state index in [1.54, 1.807) is 11.8 Å². The number of nitrogens with zero attached hydrogens (tertiary/aromatic N) is 1. The minimum absolute atomic E-state index is 1.07. The van der Waals surface area contributed by atoms with Gasteiger partial charge in [0.05, 0.1) is 0 Å². The minimum atomic E-state index is 1.07. The molecule has 0 atom stereocenters. The monoisotopic (exact) mass is 445 g/mol. The van der Waals surface area contributed by atoms with Gasteiger partial charge in [-0.15, -0.1) is 0 Å². The van der Waals surface area contributed by atoms with Gasteiger partial charge in [-0.05, 0) is 61.5 Å². The predicted octanol–water partition coefficient (Wildman–Crippen LogP) is 8.38. The molecule has 0 aromatic heterocycles. The third-order valence-corrected chi connectivity index (χ3v) is 5.84. The van der Waals surface area contributed by atoms with Crippen LogP contribution in [0.4, 0.5) is 17.1 Å². The van der Waals surface area contributed by atoms with Gasteiger partial charge in [0.2, 0.25) is 0 Å². The molecule has 1 nitrogen and oxygen atoms in total. The SMILES string of the molecule is Cc1ccc(Sc2cc(Br)cc(N(c3ccccc3)c3ccccc3)c2)cc1. The number of benzene rings is 4. The zero-order chi connectivity index (χ0) is 19.3. The molecule has 0 radical (unpaired) electrons. The van der Waals surface area contributed by atoms with Crippen molar-refractivity contribution in [3.63, 3.8) is 0 Å². The number of hydrogen-bond donors (Lipinski definition) is 0. The Labute approximate surface area is 179 Å². The van der Waals surface area contributed by atoms with Crippen LogP contribution >= 0.6 is 27.7 Å². The van der Waals surface area contributed by atoms with Crippen molar-refractivity contribution < 1.29 is 0 Å². The first-order valence-electron chi connectivity index (χ1n) is 9.14. The first kappa shape index (κ1) is 18.9. The molecule has 0 amide bonds. The molecular weight excluding hydrogens is 426 g/mol. The summed E-state index contributed by atoms with van der Waals surface area (Å²) in [5, 5.41) is 0. The van der Waals surface area contributed by atoms with Crippen molar-refractivity contribution in [2.45, 2.75) is 16.7 Å². The van der Waals surface area contributed by atoms with Crippen molar-refractivity contribution >= 4 is 44.8 Å². The zero-order valence-electron chi connectivity index (χ0n) is 15.5. The second-order valence-corrected chi connectivity index (χ2v) is 8.63. The summed E-state index contributed by atoms with van der Waals surface area (Å²) in [6.45, 7) is 2.11. The number of aryl methyl sites for hydroxylation is 1. The second-order valence-electron chi connectivity index (χ2n) is 6.57. The topological polar surface area (TPSA) is 3.24 Å². The molecule has 0 fully saturated rings. The summed E-state index contributed by atoms with van der Waals surface area (Å²) >= 11 is 5.49. The zero-order valence-corrected chi connectivity index (χ0v) is 18.0. The Morgan fingerprint density at radius 2 is 1.18 bits per heavy atom. The average Bonchev–Trinajstić information content (AvgIpc) is 2.71. The molecule has 0 spiro atoms. The highest BCUT2D eigenvalue weighted by atomic mass is 79.9. The van der Waals surface area contributed by atoms with Crippen molar-refractivity contribution in [1.82, 2.24) is 0 Å². The molecular formula is C25H20BrNS. The van der Waals surface area contributed by atoms with Gasteiger partial charge in [0.1, 0.15) is 0 Å². The van der Waals surface area contributed by atoms with Crippen LogP contribution in [0.2, 0.25) is 0 Å². The van der Waals surface area contributed by atoms with E-state index in [-0.39, 0.29) is 0 Å². The van der Waals surface area contributed by atoms with Crippen molar-refractivity contribution in [2.75, 3.05) is 4.90 Å². The molecule has 138 valence electrons. The summed E-state index contributed by atoms with van der Waals surface area (Å²) in [5.74, 6) is 0. The highest BCUT2D eigenvalue weighted by molar-refractivity contribution is 9.10. The summed E-state index contributed by atoms with van der Waals surface area (Å²) in [4.78, 5) is 4.72. The van der Waals surface area contributed by atoms with E-state index in [0.717, 1.165) is 21.5 Å². The maximum atomic E-state index is 3.71. The lowest BCUT2D eigenvalue weighted by Gasteiger charge is -2.26. The van der Waals surface area contributed by atoms with Crippen LogP contribution in [0.1, 0.15) is 5.56 Å². The van der Waals surface area contributed by atoms with Crippen molar-refractivity contribution in [1.29, 1.82) is 0 Å². The quantitative estimate of drug-likeness (QED) is 0.303. The Morgan fingerprint density at radius 3 is 1.75 bits per heavy atom. The van der Waals surface area contributed by atoms with Crippen LogP contribution in [0.5, 0.6) is 0 Å². The largest absolute Gasteiger partial charge is 0.310 e. The van der Waals surface area contributed by atoms with E-state index >= 15 is 0 Å². The molecule has 3 heteroatoms. The molecule has 0 unspecified atom stereocenters. The van der Waals surface area contributed by atoms with Crippen LogP contribution in [0.15, 0.2) is 117 Å². The highest BCUT2D eigenvalue weighted by Crippen LogP contribution is 2.39. The van der Waals surface area contributed by atoms with Gasteiger partial charge < -0.3 is 4.90 Å². The molecule has 28 heavy (non-hydrogen) atoms. The fourth-order valence-corrected chi connectivity index (χ4v) is 4.62. The van der Waals surface area contributed by atoms with Gasteiger partial charge in [0, 0.05) is 31.3 Å². The standard InChI is InChI=1S/C25H20BrNS/c1-19-12-14-24(15-13-19)28-25-17-20(26)16-23(18-25)27(21-8-4-2-5-9-21)22-10-6-3-7-11-22/h2-18H,1H3. The minimum Gasteiger partial charge on any atom is -0.310 e. The predicted molar refractivity (Wildman–Crippen MR) is 124 cm³/mol. The third-order valence-electron chi connectivity index (χ3n) is 4.40. The van der Waals surface area contributed by atoms with E-state index in [1.807, 2.05) is 12.1 Å². The fourth-order valence-electron chi connectivity index (χ4n) is 3.08. The average molecular weight is 446 g/mol. The van der Waals surface area contributed by atoms with Crippen LogP contribution in [0, 0.1) is 6.92 Å². The van der Waals surface area contributed by atoms with Crippen LogP contribution in [-0.2, 0) is 0 Å². The number of anilines is 3. The second kappa shape index (κ2) is 8.68. The Bertz CT molecular complexity index is 1010. The van der Waals surface area contributed by atoms with E-state index in [9.17, 15) is 0 Å². The lowest BCUT2D eigenvalue weighted by atomic mass is 10.2. The van der Waals surface area contributed by atoms with E-state index in [1.165, 1.54) is 15.4 Å². The maximum Gasteiger partial charge on any atom is 0.0484 e. The lowest BCUT2D eigenvalue weighted by Crippen LogP contribution is -2.09. The van der Waals surface area contributed by atoms with Gasteiger partial charge in [-0.25, -0.2) is 0 Å². The summed E-state index contributed by atoms with van der Waals surface area (Å²) in [6, 6.07) is 36.2. The van der Waals surface area contributed by atoms with Gasteiger partial charge in [-0.3, -0.25) is 0 Å². The molecule has 4 aromatic carbocycles. The molecule has 0 aliphatic heterocycles.